The first-order valence-electron chi connectivity index (χ1n) is 9.12. The first-order chi connectivity index (χ1) is 13.7. The van der Waals surface area contributed by atoms with Crippen LogP contribution in [-0.2, 0) is 6.54 Å². The standard InChI is InChI=1S/C22H21N3O3/c1-15(17-5-3-2-4-6-17)25-22(26)18-10-19(13-23-12-18)24-11-16-7-8-20-21(9-16)28-14-27-20/h2-10,12-13,15,24H,11,14H2,1H3,(H,25,26). The van der Waals surface area contributed by atoms with E-state index in [1.54, 1.807) is 18.5 Å². The zero-order valence-corrected chi connectivity index (χ0v) is 15.5. The lowest BCUT2D eigenvalue weighted by Gasteiger charge is -2.14. The molecular weight excluding hydrogens is 354 g/mol. The van der Waals surface area contributed by atoms with E-state index in [0.29, 0.717) is 12.1 Å². The minimum absolute atomic E-state index is 0.0843. The highest BCUT2D eigenvalue weighted by Gasteiger charge is 2.14. The molecule has 0 saturated carbocycles. The summed E-state index contributed by atoms with van der Waals surface area (Å²) in [7, 11) is 0. The maximum atomic E-state index is 12.6. The summed E-state index contributed by atoms with van der Waals surface area (Å²) in [4.78, 5) is 16.8. The summed E-state index contributed by atoms with van der Waals surface area (Å²) in [5.74, 6) is 1.35. The van der Waals surface area contributed by atoms with E-state index >= 15 is 0 Å². The molecule has 1 aliphatic heterocycles. The summed E-state index contributed by atoms with van der Waals surface area (Å²) in [6.45, 7) is 2.81. The molecule has 2 aromatic carbocycles. The van der Waals surface area contributed by atoms with Crippen molar-refractivity contribution >= 4 is 11.6 Å². The molecule has 6 heteroatoms. The molecule has 0 radical (unpaired) electrons. The van der Waals surface area contributed by atoms with Gasteiger partial charge in [-0.05, 0) is 36.2 Å². The molecule has 0 saturated heterocycles. The lowest BCUT2D eigenvalue weighted by atomic mass is 10.1. The van der Waals surface area contributed by atoms with Gasteiger partial charge in [-0.15, -0.1) is 0 Å². The van der Waals surface area contributed by atoms with Crippen molar-refractivity contribution in [3.05, 3.63) is 83.7 Å². The van der Waals surface area contributed by atoms with Crippen LogP contribution in [0.15, 0.2) is 67.0 Å². The Labute approximate surface area is 163 Å². The number of hydrogen-bond donors (Lipinski definition) is 2. The predicted molar refractivity (Wildman–Crippen MR) is 106 cm³/mol. The van der Waals surface area contributed by atoms with Gasteiger partial charge in [0.05, 0.1) is 17.3 Å². The van der Waals surface area contributed by atoms with Gasteiger partial charge in [-0.25, -0.2) is 0 Å². The molecule has 0 bridgehead atoms. The Morgan fingerprint density at radius 2 is 1.89 bits per heavy atom. The Bertz CT molecular complexity index is 976. The number of nitrogens with one attached hydrogen (secondary N) is 2. The molecule has 6 nitrogen and oxygen atoms in total. The van der Waals surface area contributed by atoms with Crippen LogP contribution in [0.1, 0.15) is 34.5 Å². The first kappa shape index (κ1) is 17.9. The van der Waals surface area contributed by atoms with Gasteiger partial charge in [0, 0.05) is 18.9 Å². The van der Waals surface area contributed by atoms with E-state index in [1.807, 2.05) is 55.5 Å². The van der Waals surface area contributed by atoms with Crippen LogP contribution in [0.25, 0.3) is 0 Å². The van der Waals surface area contributed by atoms with E-state index in [-0.39, 0.29) is 18.7 Å². The van der Waals surface area contributed by atoms with Gasteiger partial charge in [0.2, 0.25) is 6.79 Å². The van der Waals surface area contributed by atoms with Gasteiger partial charge in [0.15, 0.2) is 11.5 Å². The Kier molecular flexibility index (Phi) is 5.10. The second kappa shape index (κ2) is 8.00. The van der Waals surface area contributed by atoms with Crippen LogP contribution in [-0.4, -0.2) is 17.7 Å². The summed E-state index contributed by atoms with van der Waals surface area (Å²) in [6.07, 6.45) is 3.27. The maximum absolute atomic E-state index is 12.6. The van der Waals surface area contributed by atoms with E-state index in [2.05, 4.69) is 15.6 Å². The zero-order valence-electron chi connectivity index (χ0n) is 15.5. The molecule has 28 heavy (non-hydrogen) atoms. The number of carbonyl (C=O) groups is 1. The lowest BCUT2D eigenvalue weighted by molar-refractivity contribution is 0.0939. The summed E-state index contributed by atoms with van der Waals surface area (Å²) in [5.41, 5.74) is 3.40. The number of hydrogen-bond acceptors (Lipinski definition) is 5. The van der Waals surface area contributed by atoms with Gasteiger partial charge in [-0.2, -0.15) is 0 Å². The third-order valence-electron chi connectivity index (χ3n) is 4.58. The quantitative estimate of drug-likeness (QED) is 0.683. The van der Waals surface area contributed by atoms with Gasteiger partial charge in [0.1, 0.15) is 0 Å². The van der Waals surface area contributed by atoms with Crippen molar-refractivity contribution in [1.29, 1.82) is 0 Å². The average Bonchev–Trinajstić information content (AvgIpc) is 3.21. The molecule has 1 unspecified atom stereocenters. The number of carbonyl (C=O) groups excluding carboxylic acids is 1. The number of amides is 1. The van der Waals surface area contributed by atoms with Crippen molar-refractivity contribution in [2.75, 3.05) is 12.1 Å². The Hall–Kier alpha value is -3.54. The summed E-state index contributed by atoms with van der Waals surface area (Å²) in [5, 5.41) is 6.30. The number of ether oxygens (including phenoxy) is 2. The van der Waals surface area contributed by atoms with Crippen molar-refractivity contribution < 1.29 is 14.3 Å². The lowest BCUT2D eigenvalue weighted by Crippen LogP contribution is -2.26. The fraction of sp³-hybridized carbons (Fsp3) is 0.182. The third kappa shape index (κ3) is 4.06. The van der Waals surface area contributed by atoms with Gasteiger partial charge in [-0.1, -0.05) is 36.4 Å². The van der Waals surface area contributed by atoms with Crippen LogP contribution in [0.3, 0.4) is 0 Å². The van der Waals surface area contributed by atoms with Gasteiger partial charge in [-0.3, -0.25) is 9.78 Å². The van der Waals surface area contributed by atoms with Crippen LogP contribution in [0.2, 0.25) is 0 Å². The van der Waals surface area contributed by atoms with E-state index in [9.17, 15) is 4.79 Å². The van der Waals surface area contributed by atoms with Gasteiger partial charge < -0.3 is 20.1 Å². The molecule has 1 amide bonds. The normalized spacial score (nSPS) is 13.0. The van der Waals surface area contributed by atoms with Crippen molar-refractivity contribution in [3.8, 4) is 11.5 Å². The number of fused-ring (bicyclic) bond motifs is 1. The number of pyridine rings is 1. The predicted octanol–water partition coefficient (Wildman–Crippen LogP) is 3.91. The smallest absolute Gasteiger partial charge is 0.253 e. The average molecular weight is 375 g/mol. The topological polar surface area (TPSA) is 72.5 Å². The maximum Gasteiger partial charge on any atom is 0.253 e. The fourth-order valence-electron chi connectivity index (χ4n) is 3.02. The van der Waals surface area contributed by atoms with E-state index in [0.717, 1.165) is 28.3 Å². The first-order valence-corrected chi connectivity index (χ1v) is 9.12. The second-order valence-corrected chi connectivity index (χ2v) is 6.61. The summed E-state index contributed by atoms with van der Waals surface area (Å²) >= 11 is 0. The van der Waals surface area contributed by atoms with Crippen LogP contribution in [0.5, 0.6) is 11.5 Å². The molecule has 1 aliphatic rings. The van der Waals surface area contributed by atoms with Gasteiger partial charge in [0.25, 0.3) is 5.91 Å². The SMILES string of the molecule is CC(NC(=O)c1cncc(NCc2ccc3c(c2)OCO3)c1)c1ccccc1. The van der Waals surface area contributed by atoms with Crippen LogP contribution in [0, 0.1) is 0 Å². The molecule has 0 spiro atoms. The van der Waals surface area contributed by atoms with Crippen LogP contribution < -0.4 is 20.1 Å². The summed E-state index contributed by atoms with van der Waals surface area (Å²) in [6, 6.07) is 17.4. The molecule has 3 aromatic rings. The van der Waals surface area contributed by atoms with Crippen molar-refractivity contribution in [2.24, 2.45) is 0 Å². The highest BCUT2D eigenvalue weighted by Crippen LogP contribution is 2.32. The highest BCUT2D eigenvalue weighted by molar-refractivity contribution is 5.94. The van der Waals surface area contributed by atoms with E-state index in [1.165, 1.54) is 0 Å². The number of anilines is 1. The number of nitrogens with zero attached hydrogens (tertiary/aromatic N) is 1. The number of rotatable bonds is 6. The minimum atomic E-state index is -0.157. The molecule has 0 aliphatic carbocycles. The largest absolute Gasteiger partial charge is 0.454 e. The van der Waals surface area contributed by atoms with Crippen LogP contribution >= 0.6 is 0 Å². The summed E-state index contributed by atoms with van der Waals surface area (Å²) < 4.78 is 10.7. The monoisotopic (exact) mass is 375 g/mol. The molecule has 2 N–H and O–H groups in total. The van der Waals surface area contributed by atoms with Crippen molar-refractivity contribution in [2.45, 2.75) is 19.5 Å². The molecular formula is C22H21N3O3. The molecule has 1 aromatic heterocycles. The Balaban J connectivity index is 1.39. The van der Waals surface area contributed by atoms with E-state index in [4.69, 9.17) is 9.47 Å². The molecule has 4 rings (SSSR count). The zero-order chi connectivity index (χ0) is 19.3. The van der Waals surface area contributed by atoms with E-state index < -0.39 is 0 Å². The number of aromatic nitrogens is 1. The Morgan fingerprint density at radius 1 is 1.07 bits per heavy atom. The second-order valence-electron chi connectivity index (χ2n) is 6.61. The highest BCUT2D eigenvalue weighted by atomic mass is 16.7. The molecule has 0 fully saturated rings. The molecule has 2 heterocycles. The van der Waals surface area contributed by atoms with Crippen molar-refractivity contribution in [1.82, 2.24) is 10.3 Å². The minimum Gasteiger partial charge on any atom is -0.454 e. The molecule has 142 valence electrons. The Morgan fingerprint density at radius 3 is 2.75 bits per heavy atom. The number of benzene rings is 2. The van der Waals surface area contributed by atoms with Crippen LogP contribution in [0.4, 0.5) is 5.69 Å². The van der Waals surface area contributed by atoms with Crippen molar-refractivity contribution in [3.63, 3.8) is 0 Å². The molecule has 1 atom stereocenters. The fourth-order valence-corrected chi connectivity index (χ4v) is 3.02. The van der Waals surface area contributed by atoms with Gasteiger partial charge >= 0.3 is 0 Å². The third-order valence-corrected chi connectivity index (χ3v) is 4.58.